The third-order valence-corrected chi connectivity index (χ3v) is 2.72. The highest BCUT2D eigenvalue weighted by Crippen LogP contribution is 2.13. The highest BCUT2D eigenvalue weighted by atomic mass is 32.2. The molecule has 0 radical (unpaired) electrons. The van der Waals surface area contributed by atoms with E-state index in [9.17, 15) is 9.59 Å². The molecular formula is C11H12N4O3S. The van der Waals surface area contributed by atoms with Gasteiger partial charge in [0.25, 0.3) is 5.91 Å². The summed E-state index contributed by atoms with van der Waals surface area (Å²) in [5.41, 5.74) is 4.75. The van der Waals surface area contributed by atoms with E-state index >= 15 is 0 Å². The van der Waals surface area contributed by atoms with Crippen LogP contribution < -0.4 is 16.4 Å². The molecular weight excluding hydrogens is 268 g/mol. The fourth-order valence-electron chi connectivity index (χ4n) is 1.20. The van der Waals surface area contributed by atoms with Gasteiger partial charge in [0, 0.05) is 0 Å². The number of rotatable bonds is 5. The van der Waals surface area contributed by atoms with Crippen molar-refractivity contribution < 1.29 is 14.0 Å². The lowest BCUT2D eigenvalue weighted by molar-refractivity contribution is -0.117. The molecule has 0 atom stereocenters. The maximum Gasteiger partial charge on any atom is 0.317 e. The van der Waals surface area contributed by atoms with Gasteiger partial charge in [0.15, 0.2) is 0 Å². The second-order valence-corrected chi connectivity index (χ2v) is 4.09. The third kappa shape index (κ3) is 4.40. The average molecular weight is 280 g/mol. The Bertz CT molecular complexity index is 531. The number of primary amides is 1. The zero-order chi connectivity index (χ0) is 14.3. The first-order valence-corrected chi connectivity index (χ1v) is 6.36. The van der Waals surface area contributed by atoms with Crippen molar-refractivity contribution in [2.45, 2.75) is 6.54 Å². The molecule has 0 aliphatic carbocycles. The minimum absolute atomic E-state index is 0.104. The van der Waals surface area contributed by atoms with E-state index in [1.807, 2.05) is 0 Å². The second-order valence-electron chi connectivity index (χ2n) is 3.27. The molecule has 1 aromatic heterocycles. The Kier molecular flexibility index (Phi) is 5.50. The first-order chi connectivity index (χ1) is 9.08. The van der Waals surface area contributed by atoms with Crippen molar-refractivity contribution in [2.24, 2.45) is 5.73 Å². The van der Waals surface area contributed by atoms with Crippen LogP contribution >= 0.6 is 11.8 Å². The van der Waals surface area contributed by atoms with Crippen LogP contribution in [0.4, 0.5) is 4.79 Å². The molecule has 1 heterocycles. The van der Waals surface area contributed by atoms with Crippen LogP contribution in [0.1, 0.15) is 5.76 Å². The number of amides is 3. The molecule has 4 N–H and O–H groups in total. The van der Waals surface area contributed by atoms with Gasteiger partial charge in [0.2, 0.25) is 0 Å². The van der Waals surface area contributed by atoms with Crippen molar-refractivity contribution in [3.63, 3.8) is 0 Å². The van der Waals surface area contributed by atoms with Gasteiger partial charge in [-0.2, -0.15) is 5.26 Å². The van der Waals surface area contributed by atoms with E-state index in [0.29, 0.717) is 5.76 Å². The lowest BCUT2D eigenvalue weighted by atomic mass is 10.3. The lowest BCUT2D eigenvalue weighted by Crippen LogP contribution is -2.31. The first-order valence-electron chi connectivity index (χ1n) is 5.14. The predicted molar refractivity (Wildman–Crippen MR) is 69.4 cm³/mol. The van der Waals surface area contributed by atoms with Crippen molar-refractivity contribution >= 4 is 23.7 Å². The molecule has 0 aliphatic heterocycles. The van der Waals surface area contributed by atoms with E-state index in [4.69, 9.17) is 15.4 Å². The van der Waals surface area contributed by atoms with Gasteiger partial charge in [-0.1, -0.05) is 0 Å². The molecule has 8 heteroatoms. The number of urea groups is 1. The summed E-state index contributed by atoms with van der Waals surface area (Å²) in [4.78, 5) is 22.6. The summed E-state index contributed by atoms with van der Waals surface area (Å²) >= 11 is 1.04. The first kappa shape index (κ1) is 14.7. The van der Waals surface area contributed by atoms with Gasteiger partial charge in [0.05, 0.1) is 17.8 Å². The number of hydrogen-bond acceptors (Lipinski definition) is 5. The van der Waals surface area contributed by atoms with Crippen molar-refractivity contribution in [1.29, 1.82) is 5.26 Å². The van der Waals surface area contributed by atoms with Crippen LogP contribution in [0.2, 0.25) is 0 Å². The quantitative estimate of drug-likeness (QED) is 0.540. The topological polar surface area (TPSA) is 121 Å². The van der Waals surface area contributed by atoms with E-state index < -0.39 is 11.9 Å². The van der Waals surface area contributed by atoms with E-state index in [1.54, 1.807) is 24.5 Å². The summed E-state index contributed by atoms with van der Waals surface area (Å²) in [7, 11) is 0. The highest BCUT2D eigenvalue weighted by molar-refractivity contribution is 8.02. The summed E-state index contributed by atoms with van der Waals surface area (Å²) in [6, 6.07) is 4.27. The number of carbonyl (C=O) groups is 2. The Balaban J connectivity index is 2.77. The molecule has 0 bridgehead atoms. The number of nitrogens with two attached hydrogens (primary N) is 1. The SMILES string of the molecule is CSC(NC(N)=O)=C(C#N)C(=O)NCc1ccco1. The summed E-state index contributed by atoms with van der Waals surface area (Å²) in [6.07, 6.45) is 3.09. The summed E-state index contributed by atoms with van der Waals surface area (Å²) in [6.45, 7) is 0.148. The minimum Gasteiger partial charge on any atom is -0.467 e. The van der Waals surface area contributed by atoms with Crippen LogP contribution in [-0.2, 0) is 11.3 Å². The molecule has 0 fully saturated rings. The molecule has 0 unspecified atom stereocenters. The van der Waals surface area contributed by atoms with E-state index in [2.05, 4.69) is 10.6 Å². The number of nitrogens with zero attached hydrogens (tertiary/aromatic N) is 1. The summed E-state index contributed by atoms with van der Waals surface area (Å²) < 4.78 is 5.04. The van der Waals surface area contributed by atoms with Crippen molar-refractivity contribution in [3.8, 4) is 6.07 Å². The number of furan rings is 1. The van der Waals surface area contributed by atoms with Gasteiger partial charge in [-0.3, -0.25) is 4.79 Å². The normalized spacial score (nSPS) is 11.2. The van der Waals surface area contributed by atoms with Crippen LogP contribution in [0.15, 0.2) is 33.4 Å². The number of thioether (sulfide) groups is 1. The smallest absolute Gasteiger partial charge is 0.317 e. The Morgan fingerprint density at radius 3 is 2.79 bits per heavy atom. The molecule has 7 nitrogen and oxygen atoms in total. The molecule has 100 valence electrons. The zero-order valence-electron chi connectivity index (χ0n) is 10.1. The van der Waals surface area contributed by atoms with Crippen LogP contribution in [-0.4, -0.2) is 18.2 Å². The van der Waals surface area contributed by atoms with Gasteiger partial charge < -0.3 is 20.8 Å². The van der Waals surface area contributed by atoms with Crippen LogP contribution in [0.25, 0.3) is 0 Å². The molecule has 0 saturated heterocycles. The molecule has 19 heavy (non-hydrogen) atoms. The maximum absolute atomic E-state index is 11.8. The van der Waals surface area contributed by atoms with E-state index in [-0.39, 0.29) is 17.1 Å². The number of nitriles is 1. The van der Waals surface area contributed by atoms with Gasteiger partial charge in [-0.25, -0.2) is 4.79 Å². The van der Waals surface area contributed by atoms with E-state index in [0.717, 1.165) is 11.8 Å². The monoisotopic (exact) mass is 280 g/mol. The molecule has 1 rings (SSSR count). The van der Waals surface area contributed by atoms with E-state index in [1.165, 1.54) is 6.26 Å². The number of hydrogen-bond donors (Lipinski definition) is 3. The molecule has 0 spiro atoms. The molecule has 3 amide bonds. The fourth-order valence-corrected chi connectivity index (χ4v) is 1.75. The Hall–Kier alpha value is -2.40. The predicted octanol–water partition coefficient (Wildman–Crippen LogP) is 0.662. The average Bonchev–Trinajstić information content (AvgIpc) is 2.88. The summed E-state index contributed by atoms with van der Waals surface area (Å²) in [5, 5.41) is 13.8. The Morgan fingerprint density at radius 1 is 1.58 bits per heavy atom. The van der Waals surface area contributed by atoms with Crippen LogP contribution in [0.3, 0.4) is 0 Å². The minimum atomic E-state index is -0.837. The lowest BCUT2D eigenvalue weighted by Gasteiger charge is -2.08. The largest absolute Gasteiger partial charge is 0.467 e. The molecule has 0 aromatic carbocycles. The van der Waals surface area contributed by atoms with Gasteiger partial charge in [-0.15, -0.1) is 11.8 Å². The van der Waals surface area contributed by atoms with Gasteiger partial charge in [-0.05, 0) is 18.4 Å². The van der Waals surface area contributed by atoms with Crippen molar-refractivity contribution in [1.82, 2.24) is 10.6 Å². The second kappa shape index (κ2) is 7.13. The van der Waals surface area contributed by atoms with Gasteiger partial charge in [0.1, 0.15) is 17.4 Å². The number of carbonyl (C=O) groups excluding carboxylic acids is 2. The molecule has 0 aliphatic rings. The van der Waals surface area contributed by atoms with Gasteiger partial charge >= 0.3 is 6.03 Å². The fraction of sp³-hybridized carbons (Fsp3) is 0.182. The van der Waals surface area contributed by atoms with Crippen molar-refractivity contribution in [3.05, 3.63) is 34.8 Å². The zero-order valence-corrected chi connectivity index (χ0v) is 10.9. The Labute approximate surface area is 113 Å². The third-order valence-electron chi connectivity index (χ3n) is 2.01. The Morgan fingerprint density at radius 2 is 2.32 bits per heavy atom. The molecule has 1 aromatic rings. The molecule has 0 saturated carbocycles. The summed E-state index contributed by atoms with van der Waals surface area (Å²) in [5.74, 6) is -0.0591. The number of nitrogens with one attached hydrogen (secondary N) is 2. The van der Waals surface area contributed by atoms with Crippen LogP contribution in [0.5, 0.6) is 0 Å². The van der Waals surface area contributed by atoms with Crippen LogP contribution in [0, 0.1) is 11.3 Å². The van der Waals surface area contributed by atoms with Crippen molar-refractivity contribution in [2.75, 3.05) is 6.26 Å². The highest BCUT2D eigenvalue weighted by Gasteiger charge is 2.16. The standard InChI is InChI=1S/C11H12N4O3S/c1-19-10(15-11(13)17)8(5-12)9(16)14-6-7-3-2-4-18-7/h2-4H,6H2,1H3,(H,14,16)(H3,13,15,17). The maximum atomic E-state index is 11.8.